The molecule has 0 radical (unpaired) electrons. The Morgan fingerprint density at radius 1 is 1.36 bits per heavy atom. The summed E-state index contributed by atoms with van der Waals surface area (Å²) in [6, 6.07) is 0. The van der Waals surface area contributed by atoms with Gasteiger partial charge in [-0.15, -0.1) is 0 Å². The monoisotopic (exact) mass is 475 g/mol. The van der Waals surface area contributed by atoms with Gasteiger partial charge in [0.25, 0.3) is 0 Å². The van der Waals surface area contributed by atoms with E-state index in [4.69, 9.17) is 9.47 Å². The molecular weight excluding hydrogens is 438 g/mol. The highest BCUT2D eigenvalue weighted by atomic mass is 32.2. The van der Waals surface area contributed by atoms with Crippen LogP contribution in [0.2, 0.25) is 0 Å². The number of allylic oxidation sites excluding steroid dienone is 3. The highest BCUT2D eigenvalue weighted by Crippen LogP contribution is 2.28. The second-order valence-electron chi connectivity index (χ2n) is 6.69. The Kier molecular flexibility index (Phi) is 14.4. The predicted molar refractivity (Wildman–Crippen MR) is 139 cm³/mol. The molecule has 9 heteroatoms. The molecule has 3 N–H and O–H groups in total. The van der Waals surface area contributed by atoms with Crippen molar-refractivity contribution in [1.82, 2.24) is 16.2 Å². The summed E-state index contributed by atoms with van der Waals surface area (Å²) in [4.78, 5) is 19.3. The normalized spacial score (nSPS) is 18.9. The van der Waals surface area contributed by atoms with Gasteiger partial charge in [0.05, 0.1) is 24.5 Å². The van der Waals surface area contributed by atoms with E-state index >= 15 is 0 Å². The van der Waals surface area contributed by atoms with Gasteiger partial charge < -0.3 is 9.47 Å². The molecule has 1 amide bonds. The van der Waals surface area contributed by atoms with Crippen LogP contribution in [-0.4, -0.2) is 50.3 Å². The fraction of sp³-hybridized carbons (Fsp3) is 0.458. The number of thioether (sulfide) groups is 1. The van der Waals surface area contributed by atoms with E-state index in [0.717, 1.165) is 36.7 Å². The number of ether oxygens (including phenoxy) is 2. The summed E-state index contributed by atoms with van der Waals surface area (Å²) in [6.07, 6.45) is 12.9. The van der Waals surface area contributed by atoms with Crippen LogP contribution in [0, 0.1) is 0 Å². The lowest BCUT2D eigenvalue weighted by atomic mass is 10.1. The number of amides is 1. The molecule has 1 unspecified atom stereocenters. The smallest absolute Gasteiger partial charge is 0.223 e. The fourth-order valence-corrected chi connectivity index (χ4v) is 3.54. The van der Waals surface area contributed by atoms with E-state index in [1.165, 1.54) is 18.1 Å². The van der Waals surface area contributed by atoms with Crippen molar-refractivity contribution in [1.29, 1.82) is 0 Å². The molecule has 2 heterocycles. The Morgan fingerprint density at radius 2 is 2.15 bits per heavy atom. The molecule has 182 valence electrons. The van der Waals surface area contributed by atoms with Crippen LogP contribution in [0.5, 0.6) is 0 Å². The van der Waals surface area contributed by atoms with Crippen molar-refractivity contribution in [2.75, 3.05) is 27.2 Å². The molecule has 0 fully saturated rings. The van der Waals surface area contributed by atoms with E-state index in [1.54, 1.807) is 25.1 Å². The van der Waals surface area contributed by atoms with Gasteiger partial charge in [0, 0.05) is 33.9 Å². The van der Waals surface area contributed by atoms with E-state index < -0.39 is 0 Å². The lowest BCUT2D eigenvalue weighted by Gasteiger charge is -2.11. The first-order valence-corrected chi connectivity index (χ1v) is 12.0. The molecule has 0 saturated carbocycles. The second-order valence-corrected chi connectivity index (χ2v) is 7.64. The molecule has 0 saturated heterocycles. The number of carbonyl (C=O) groups is 1. The maximum atomic E-state index is 10.8. The van der Waals surface area contributed by atoms with Crippen LogP contribution >= 0.6 is 11.8 Å². The van der Waals surface area contributed by atoms with Crippen molar-refractivity contribution >= 4 is 28.7 Å². The molecule has 1 atom stereocenters. The topological polar surface area (TPSA) is 96.3 Å². The molecule has 0 aromatic carbocycles. The minimum Gasteiger partial charge on any atom is -0.496 e. The summed E-state index contributed by atoms with van der Waals surface area (Å²) in [5.41, 5.74) is 7.96. The standard InChI is InChI=1S/C13H15NOS.C9H16N4O2.C2H6/c1-3-16-13(14-2)11-5-4-6-12-10(9-11)7-8-15-12;1-7(14)12-9(13-10-2)11-6-8-4-3-5-15-8;1-2/h3-4,6,9H,1,5,7-8H2,2H3;3,5,8,10H,4,6H2,1-2H3,(H2,11,12,13,14);1-2H3. The van der Waals surface area contributed by atoms with Gasteiger partial charge in [-0.3, -0.25) is 20.5 Å². The van der Waals surface area contributed by atoms with Crippen molar-refractivity contribution in [3.63, 3.8) is 0 Å². The van der Waals surface area contributed by atoms with Crippen LogP contribution in [0.25, 0.3) is 0 Å². The SMILES string of the molecule is C=CSC(=NC)C1=CC2=C(C=CC1)OCC2.CC.CNNC(=NCC1CC=CO1)NC(C)=O. The van der Waals surface area contributed by atoms with Gasteiger partial charge in [0.2, 0.25) is 11.9 Å². The van der Waals surface area contributed by atoms with Gasteiger partial charge in [-0.05, 0) is 41.2 Å². The molecule has 8 nitrogen and oxygen atoms in total. The molecule has 3 aliphatic rings. The maximum Gasteiger partial charge on any atom is 0.223 e. The van der Waals surface area contributed by atoms with E-state index in [9.17, 15) is 4.79 Å². The maximum absolute atomic E-state index is 10.8. The number of aliphatic imine (C=N–C) groups is 2. The third-order valence-corrected chi connectivity index (χ3v) is 5.17. The summed E-state index contributed by atoms with van der Waals surface area (Å²) < 4.78 is 10.8. The van der Waals surface area contributed by atoms with Crippen molar-refractivity contribution in [2.45, 2.75) is 46.1 Å². The zero-order valence-corrected chi connectivity index (χ0v) is 21.1. The van der Waals surface area contributed by atoms with E-state index in [2.05, 4.69) is 51.0 Å². The zero-order valence-electron chi connectivity index (χ0n) is 20.3. The zero-order chi connectivity index (χ0) is 24.5. The molecule has 0 spiro atoms. The van der Waals surface area contributed by atoms with E-state index in [0.29, 0.717) is 12.5 Å². The number of nitrogens with one attached hydrogen (secondary N) is 3. The molecule has 0 bridgehead atoms. The molecule has 2 aliphatic heterocycles. The Balaban J connectivity index is 0.000000308. The predicted octanol–water partition coefficient (Wildman–Crippen LogP) is 3.98. The molecule has 3 rings (SSSR count). The van der Waals surface area contributed by atoms with Crippen molar-refractivity contribution in [3.05, 3.63) is 59.5 Å². The van der Waals surface area contributed by atoms with Gasteiger partial charge in [-0.2, -0.15) is 0 Å². The molecule has 1 aliphatic carbocycles. The summed E-state index contributed by atoms with van der Waals surface area (Å²) in [5.74, 6) is 1.26. The quantitative estimate of drug-likeness (QED) is 0.316. The number of hydrazine groups is 1. The Hall–Kier alpha value is -2.78. The minimum absolute atomic E-state index is 0.0763. The molecule has 33 heavy (non-hydrogen) atoms. The largest absolute Gasteiger partial charge is 0.496 e. The summed E-state index contributed by atoms with van der Waals surface area (Å²) in [6.45, 7) is 10.5. The van der Waals surface area contributed by atoms with Gasteiger partial charge >= 0.3 is 0 Å². The number of hydrogen-bond donors (Lipinski definition) is 3. The lowest BCUT2D eigenvalue weighted by Crippen LogP contribution is -2.45. The van der Waals surface area contributed by atoms with Crippen molar-refractivity contribution in [3.8, 4) is 0 Å². The van der Waals surface area contributed by atoms with Crippen LogP contribution < -0.4 is 16.2 Å². The van der Waals surface area contributed by atoms with Crippen LogP contribution in [0.1, 0.15) is 40.0 Å². The number of rotatable bonds is 5. The first-order chi connectivity index (χ1) is 16.1. The summed E-state index contributed by atoms with van der Waals surface area (Å²) in [7, 11) is 3.52. The number of hydrogen-bond acceptors (Lipinski definition) is 7. The highest BCUT2D eigenvalue weighted by molar-refractivity contribution is 8.16. The Labute approximate surface area is 202 Å². The van der Waals surface area contributed by atoms with Crippen LogP contribution in [0.3, 0.4) is 0 Å². The van der Waals surface area contributed by atoms with Crippen LogP contribution in [0.15, 0.2) is 69.4 Å². The van der Waals surface area contributed by atoms with Crippen molar-refractivity contribution < 1.29 is 14.3 Å². The van der Waals surface area contributed by atoms with E-state index in [1.807, 2.05) is 32.4 Å². The summed E-state index contributed by atoms with van der Waals surface area (Å²) >= 11 is 1.57. The first-order valence-electron chi connectivity index (χ1n) is 11.1. The minimum atomic E-state index is -0.165. The average Bonchev–Trinajstić information content (AvgIpc) is 3.46. The van der Waals surface area contributed by atoms with Crippen molar-refractivity contribution in [2.24, 2.45) is 9.98 Å². The third kappa shape index (κ3) is 10.6. The second kappa shape index (κ2) is 16.8. The lowest BCUT2D eigenvalue weighted by molar-refractivity contribution is -0.117. The average molecular weight is 476 g/mol. The Bertz CT molecular complexity index is 820. The van der Waals surface area contributed by atoms with Crippen LogP contribution in [-0.2, 0) is 14.3 Å². The molecular formula is C24H37N5O3S. The third-order valence-electron chi connectivity index (χ3n) is 4.33. The van der Waals surface area contributed by atoms with Gasteiger partial charge in [0.1, 0.15) is 11.9 Å². The van der Waals surface area contributed by atoms with Gasteiger partial charge in [0.15, 0.2) is 0 Å². The Morgan fingerprint density at radius 3 is 2.76 bits per heavy atom. The number of carbonyl (C=O) groups excluding carboxylic acids is 1. The van der Waals surface area contributed by atoms with E-state index in [-0.39, 0.29) is 12.0 Å². The highest BCUT2D eigenvalue weighted by Gasteiger charge is 2.16. The fourth-order valence-electron chi connectivity index (χ4n) is 2.98. The van der Waals surface area contributed by atoms with Crippen LogP contribution in [0.4, 0.5) is 0 Å². The molecule has 0 aromatic rings. The summed E-state index contributed by atoms with van der Waals surface area (Å²) in [5, 5.41) is 5.43. The van der Waals surface area contributed by atoms with Gasteiger partial charge in [-0.1, -0.05) is 38.3 Å². The van der Waals surface area contributed by atoms with Gasteiger partial charge in [-0.25, -0.2) is 10.4 Å². The number of nitrogens with zero attached hydrogens (tertiary/aromatic N) is 2. The number of guanidine groups is 1. The molecule has 0 aromatic heterocycles. The first kappa shape index (κ1) is 28.3.